The van der Waals surface area contributed by atoms with Crippen LogP contribution in [0.25, 0.3) is 16.7 Å². The molecule has 25 heavy (non-hydrogen) atoms. The Morgan fingerprint density at radius 1 is 1.24 bits per heavy atom. The van der Waals surface area contributed by atoms with Crippen LogP contribution in [0.3, 0.4) is 0 Å². The van der Waals surface area contributed by atoms with Crippen LogP contribution in [0, 0.1) is 0 Å². The van der Waals surface area contributed by atoms with Crippen LogP contribution >= 0.6 is 0 Å². The lowest BCUT2D eigenvalue weighted by atomic mass is 10.1. The van der Waals surface area contributed by atoms with Gasteiger partial charge in [0.25, 0.3) is 11.5 Å². The normalized spacial score (nSPS) is 14.9. The molecule has 3 aromatic rings. The van der Waals surface area contributed by atoms with E-state index in [1.54, 1.807) is 31.4 Å². The lowest BCUT2D eigenvalue weighted by molar-refractivity contribution is 0.0963. The lowest BCUT2D eigenvalue weighted by Crippen LogP contribution is -2.25. The van der Waals surface area contributed by atoms with E-state index in [9.17, 15) is 9.59 Å². The number of amides is 1. The minimum atomic E-state index is -0.271. The summed E-state index contributed by atoms with van der Waals surface area (Å²) in [6.45, 7) is 0. The highest BCUT2D eigenvalue weighted by atomic mass is 16.1. The van der Waals surface area contributed by atoms with E-state index in [0.717, 1.165) is 12.8 Å². The standard InChI is InChI=1S/C18H19N5O2/c1-19-17(24)12-10-13-16(22-15(12)20-11-6-2-3-7-11)21-14-8-4-5-9-23(14)18(13)25/h4-5,8-11H,2-3,6-7H2,1H3,(H,19,24)(H,20,22). The van der Waals surface area contributed by atoms with Gasteiger partial charge in [-0.3, -0.25) is 14.0 Å². The fourth-order valence-electron chi connectivity index (χ4n) is 3.36. The minimum absolute atomic E-state index is 0.231. The van der Waals surface area contributed by atoms with Gasteiger partial charge in [0.2, 0.25) is 0 Å². The van der Waals surface area contributed by atoms with Crippen LogP contribution in [0.15, 0.2) is 35.3 Å². The highest BCUT2D eigenvalue weighted by Gasteiger charge is 2.21. The number of fused-ring (bicyclic) bond motifs is 2. The molecule has 1 saturated carbocycles. The summed E-state index contributed by atoms with van der Waals surface area (Å²) in [5.74, 6) is 0.221. The number of nitrogens with zero attached hydrogens (tertiary/aromatic N) is 3. The highest BCUT2D eigenvalue weighted by Crippen LogP contribution is 2.25. The summed E-state index contributed by atoms with van der Waals surface area (Å²) < 4.78 is 1.46. The van der Waals surface area contributed by atoms with Crippen molar-refractivity contribution in [3.63, 3.8) is 0 Å². The molecule has 0 unspecified atom stereocenters. The molecule has 1 aliphatic carbocycles. The molecule has 3 aromatic heterocycles. The average Bonchev–Trinajstić information content (AvgIpc) is 3.14. The predicted molar refractivity (Wildman–Crippen MR) is 96.0 cm³/mol. The number of rotatable bonds is 3. The Labute approximate surface area is 144 Å². The molecule has 0 spiro atoms. The SMILES string of the molecule is CNC(=O)c1cc2c(=O)n3ccccc3nc2nc1NC1CCCC1. The van der Waals surface area contributed by atoms with Crippen molar-refractivity contribution in [2.75, 3.05) is 12.4 Å². The first-order valence-corrected chi connectivity index (χ1v) is 8.48. The van der Waals surface area contributed by atoms with Crippen molar-refractivity contribution in [3.8, 4) is 0 Å². The molecule has 2 N–H and O–H groups in total. The van der Waals surface area contributed by atoms with Crippen molar-refractivity contribution in [2.24, 2.45) is 0 Å². The number of hydrogen-bond acceptors (Lipinski definition) is 5. The summed E-state index contributed by atoms with van der Waals surface area (Å²) in [6, 6.07) is 7.25. The summed E-state index contributed by atoms with van der Waals surface area (Å²) in [5, 5.41) is 6.32. The van der Waals surface area contributed by atoms with E-state index in [2.05, 4.69) is 20.6 Å². The summed E-state index contributed by atoms with van der Waals surface area (Å²) in [6.07, 6.45) is 6.12. The van der Waals surface area contributed by atoms with Gasteiger partial charge in [0, 0.05) is 19.3 Å². The van der Waals surface area contributed by atoms with Crippen molar-refractivity contribution in [2.45, 2.75) is 31.7 Å². The quantitative estimate of drug-likeness (QED) is 0.713. The Kier molecular flexibility index (Phi) is 3.83. The number of carbonyl (C=O) groups excluding carboxylic acids is 1. The van der Waals surface area contributed by atoms with Gasteiger partial charge in [0.1, 0.15) is 11.5 Å². The van der Waals surface area contributed by atoms with Gasteiger partial charge in [-0.05, 0) is 31.0 Å². The summed E-state index contributed by atoms with van der Waals surface area (Å²) >= 11 is 0. The van der Waals surface area contributed by atoms with Gasteiger partial charge in [-0.15, -0.1) is 0 Å². The van der Waals surface area contributed by atoms with Gasteiger partial charge in [0.15, 0.2) is 5.65 Å². The Bertz CT molecular complexity index is 1020. The van der Waals surface area contributed by atoms with Gasteiger partial charge in [-0.1, -0.05) is 18.9 Å². The molecule has 1 amide bonds. The number of nitrogens with one attached hydrogen (secondary N) is 2. The molecule has 0 radical (unpaired) electrons. The molecule has 3 heterocycles. The molecule has 0 bridgehead atoms. The summed E-state index contributed by atoms with van der Waals surface area (Å²) in [4.78, 5) is 34.0. The first-order valence-electron chi connectivity index (χ1n) is 8.48. The molecule has 7 nitrogen and oxygen atoms in total. The first kappa shape index (κ1) is 15.6. The fourth-order valence-corrected chi connectivity index (χ4v) is 3.36. The topological polar surface area (TPSA) is 88.4 Å². The smallest absolute Gasteiger partial charge is 0.267 e. The maximum Gasteiger partial charge on any atom is 0.267 e. The minimum Gasteiger partial charge on any atom is -0.367 e. The monoisotopic (exact) mass is 337 g/mol. The third-order valence-electron chi connectivity index (χ3n) is 4.68. The molecule has 4 rings (SSSR count). The molecule has 0 atom stereocenters. The molecular weight excluding hydrogens is 318 g/mol. The van der Waals surface area contributed by atoms with Crippen molar-refractivity contribution < 1.29 is 4.79 Å². The lowest BCUT2D eigenvalue weighted by Gasteiger charge is -2.16. The van der Waals surface area contributed by atoms with Crippen LogP contribution < -0.4 is 16.2 Å². The van der Waals surface area contributed by atoms with E-state index in [1.807, 2.05) is 6.07 Å². The molecule has 1 aliphatic rings. The Morgan fingerprint density at radius 3 is 2.80 bits per heavy atom. The van der Waals surface area contributed by atoms with E-state index in [0.29, 0.717) is 34.1 Å². The Hall–Kier alpha value is -2.96. The number of carbonyl (C=O) groups is 1. The Morgan fingerprint density at radius 2 is 2.04 bits per heavy atom. The second kappa shape index (κ2) is 6.16. The largest absolute Gasteiger partial charge is 0.367 e. The van der Waals surface area contributed by atoms with E-state index in [4.69, 9.17) is 0 Å². The second-order valence-electron chi connectivity index (χ2n) is 6.31. The predicted octanol–water partition coefficient (Wildman–Crippen LogP) is 1.96. The maximum atomic E-state index is 12.7. The molecule has 0 aromatic carbocycles. The van der Waals surface area contributed by atoms with Crippen molar-refractivity contribution in [3.05, 3.63) is 46.4 Å². The van der Waals surface area contributed by atoms with Gasteiger partial charge in [-0.2, -0.15) is 0 Å². The van der Waals surface area contributed by atoms with Gasteiger partial charge in [0.05, 0.1) is 10.9 Å². The average molecular weight is 337 g/mol. The zero-order valence-electron chi connectivity index (χ0n) is 14.0. The molecule has 1 fully saturated rings. The number of hydrogen-bond donors (Lipinski definition) is 2. The van der Waals surface area contributed by atoms with Gasteiger partial charge < -0.3 is 10.6 Å². The Balaban J connectivity index is 1.94. The van der Waals surface area contributed by atoms with Crippen LogP contribution in [0.5, 0.6) is 0 Å². The third-order valence-corrected chi connectivity index (χ3v) is 4.68. The van der Waals surface area contributed by atoms with Crippen molar-refractivity contribution in [1.82, 2.24) is 19.7 Å². The van der Waals surface area contributed by atoms with Gasteiger partial charge >= 0.3 is 0 Å². The molecule has 0 saturated heterocycles. The van der Waals surface area contributed by atoms with Crippen LogP contribution in [-0.2, 0) is 0 Å². The third kappa shape index (κ3) is 2.71. The number of anilines is 1. The summed E-state index contributed by atoms with van der Waals surface area (Å²) in [5.41, 5.74) is 1.03. The number of pyridine rings is 2. The fraction of sp³-hybridized carbons (Fsp3) is 0.333. The van der Waals surface area contributed by atoms with E-state index in [1.165, 1.54) is 17.2 Å². The van der Waals surface area contributed by atoms with Crippen LogP contribution in [-0.4, -0.2) is 33.4 Å². The second-order valence-corrected chi connectivity index (χ2v) is 6.31. The van der Waals surface area contributed by atoms with Crippen molar-refractivity contribution >= 4 is 28.4 Å². The van der Waals surface area contributed by atoms with Crippen LogP contribution in [0.1, 0.15) is 36.0 Å². The van der Waals surface area contributed by atoms with E-state index in [-0.39, 0.29) is 11.5 Å². The highest BCUT2D eigenvalue weighted by molar-refractivity contribution is 6.01. The van der Waals surface area contributed by atoms with Gasteiger partial charge in [-0.25, -0.2) is 9.97 Å². The number of aromatic nitrogens is 3. The zero-order chi connectivity index (χ0) is 17.4. The maximum absolute atomic E-state index is 12.7. The van der Waals surface area contributed by atoms with E-state index < -0.39 is 0 Å². The summed E-state index contributed by atoms with van der Waals surface area (Å²) in [7, 11) is 1.57. The van der Waals surface area contributed by atoms with Crippen LogP contribution in [0.2, 0.25) is 0 Å². The molecular formula is C18H19N5O2. The molecule has 0 aliphatic heterocycles. The molecule has 128 valence electrons. The van der Waals surface area contributed by atoms with E-state index >= 15 is 0 Å². The van der Waals surface area contributed by atoms with Crippen molar-refractivity contribution in [1.29, 1.82) is 0 Å². The first-order chi connectivity index (χ1) is 12.2. The van der Waals surface area contributed by atoms with Crippen LogP contribution in [0.4, 0.5) is 5.82 Å². The zero-order valence-corrected chi connectivity index (χ0v) is 14.0. The molecule has 7 heteroatoms.